The SMILES string of the molecule is Cc1cc(Cl)n2nc(C(F)F)nc(N3CC4(CC(N(C)SN)C4)C3)c12. The van der Waals surface area contributed by atoms with E-state index < -0.39 is 12.2 Å². The number of nitrogens with two attached hydrogens (primary N) is 1. The Morgan fingerprint density at radius 1 is 1.44 bits per heavy atom. The number of alkyl halides is 2. The van der Waals surface area contributed by atoms with E-state index in [1.54, 1.807) is 6.07 Å². The van der Waals surface area contributed by atoms with Gasteiger partial charge in [0.05, 0.1) is 0 Å². The minimum atomic E-state index is -2.74. The lowest BCUT2D eigenvalue weighted by Gasteiger charge is -2.60. The summed E-state index contributed by atoms with van der Waals surface area (Å²) in [6.45, 7) is 3.51. The minimum Gasteiger partial charge on any atom is -0.353 e. The van der Waals surface area contributed by atoms with Gasteiger partial charge >= 0.3 is 0 Å². The average Bonchev–Trinajstić information content (AvgIpc) is 2.78. The fourth-order valence-electron chi connectivity index (χ4n) is 4.00. The molecule has 1 aliphatic carbocycles. The first-order valence-corrected chi connectivity index (χ1v) is 9.23. The Morgan fingerprint density at radius 2 is 2.12 bits per heavy atom. The molecule has 0 aromatic carbocycles. The third-order valence-corrected chi connectivity index (χ3v) is 6.22. The first-order chi connectivity index (χ1) is 11.8. The number of hydrogen-bond donors (Lipinski definition) is 1. The van der Waals surface area contributed by atoms with Crippen molar-refractivity contribution in [1.82, 2.24) is 18.9 Å². The van der Waals surface area contributed by atoms with Crippen molar-refractivity contribution in [2.45, 2.75) is 32.2 Å². The second-order valence-electron chi connectivity index (χ2n) is 7.07. The quantitative estimate of drug-likeness (QED) is 0.812. The van der Waals surface area contributed by atoms with Crippen molar-refractivity contribution in [3.8, 4) is 0 Å². The van der Waals surface area contributed by atoms with E-state index in [-0.39, 0.29) is 5.41 Å². The molecule has 0 radical (unpaired) electrons. The Labute approximate surface area is 153 Å². The van der Waals surface area contributed by atoms with Gasteiger partial charge in [-0.05, 0) is 38.4 Å². The molecule has 0 bridgehead atoms. The van der Waals surface area contributed by atoms with E-state index in [9.17, 15) is 8.78 Å². The van der Waals surface area contributed by atoms with Crippen LogP contribution >= 0.6 is 23.7 Å². The molecule has 0 amide bonds. The summed E-state index contributed by atoms with van der Waals surface area (Å²) in [6.07, 6.45) is -0.609. The monoisotopic (exact) mass is 388 g/mol. The highest BCUT2D eigenvalue weighted by atomic mass is 35.5. The predicted molar refractivity (Wildman–Crippen MR) is 94.9 cm³/mol. The number of fused-ring (bicyclic) bond motifs is 1. The normalized spacial score (nSPS) is 19.9. The van der Waals surface area contributed by atoms with Gasteiger partial charge in [-0.25, -0.2) is 22.6 Å². The lowest BCUT2D eigenvalue weighted by molar-refractivity contribution is 0.0238. The standard InChI is InChI=1S/C15H19ClF2N6S/c1-8-3-10(16)24-11(8)14(20-13(21-24)12(17)18)23-6-15(7-23)4-9(5-15)22(2)25-19/h3,9,12H,4-7,19H2,1-2H3. The third-order valence-electron chi connectivity index (χ3n) is 5.32. The summed E-state index contributed by atoms with van der Waals surface area (Å²) < 4.78 is 29.8. The molecule has 0 unspecified atom stereocenters. The molecule has 2 aromatic rings. The van der Waals surface area contributed by atoms with E-state index in [0.717, 1.165) is 31.5 Å². The summed E-state index contributed by atoms with van der Waals surface area (Å²) in [7, 11) is 1.99. The van der Waals surface area contributed by atoms with Crippen LogP contribution in [0.4, 0.5) is 14.6 Å². The van der Waals surface area contributed by atoms with Crippen molar-refractivity contribution in [1.29, 1.82) is 0 Å². The molecule has 10 heteroatoms. The number of halogens is 3. The van der Waals surface area contributed by atoms with Crippen molar-refractivity contribution >= 4 is 35.1 Å². The number of aromatic nitrogens is 3. The topological polar surface area (TPSA) is 62.7 Å². The van der Waals surface area contributed by atoms with E-state index >= 15 is 0 Å². The minimum absolute atomic E-state index is 0.242. The van der Waals surface area contributed by atoms with Crippen LogP contribution in [0, 0.1) is 12.3 Å². The number of nitrogens with zero attached hydrogens (tertiary/aromatic N) is 5. The van der Waals surface area contributed by atoms with Gasteiger partial charge in [-0.15, -0.1) is 5.10 Å². The second kappa shape index (κ2) is 5.94. The highest BCUT2D eigenvalue weighted by Crippen LogP contribution is 2.52. The molecule has 2 N–H and O–H groups in total. The highest BCUT2D eigenvalue weighted by molar-refractivity contribution is 7.94. The first kappa shape index (κ1) is 17.3. The van der Waals surface area contributed by atoms with Gasteiger partial charge in [0.25, 0.3) is 6.43 Å². The van der Waals surface area contributed by atoms with Crippen LogP contribution < -0.4 is 10.0 Å². The van der Waals surface area contributed by atoms with Gasteiger partial charge in [0.15, 0.2) is 5.82 Å². The number of anilines is 1. The Morgan fingerprint density at radius 3 is 2.72 bits per heavy atom. The summed E-state index contributed by atoms with van der Waals surface area (Å²) in [6, 6.07) is 2.20. The summed E-state index contributed by atoms with van der Waals surface area (Å²) >= 11 is 7.40. The Balaban J connectivity index is 1.61. The molecular formula is C15H19ClF2N6S. The maximum Gasteiger partial charge on any atom is 0.299 e. The molecular weight excluding hydrogens is 370 g/mol. The third kappa shape index (κ3) is 2.68. The summed E-state index contributed by atoms with van der Waals surface area (Å²) in [5, 5.41) is 9.81. The van der Waals surface area contributed by atoms with E-state index in [2.05, 4.69) is 19.3 Å². The van der Waals surface area contributed by atoms with Crippen LogP contribution in [0.1, 0.15) is 30.7 Å². The van der Waals surface area contributed by atoms with Crippen LogP contribution in [0.15, 0.2) is 6.07 Å². The van der Waals surface area contributed by atoms with Gasteiger partial charge in [-0.3, -0.25) is 5.14 Å². The highest BCUT2D eigenvalue weighted by Gasteiger charge is 2.54. The van der Waals surface area contributed by atoms with Gasteiger partial charge in [0, 0.05) is 36.7 Å². The lowest BCUT2D eigenvalue weighted by atomic mass is 9.60. The van der Waals surface area contributed by atoms with Gasteiger partial charge in [0.1, 0.15) is 10.7 Å². The van der Waals surface area contributed by atoms with E-state index in [1.807, 2.05) is 14.0 Å². The molecule has 0 atom stereocenters. The van der Waals surface area contributed by atoms with Gasteiger partial charge in [-0.1, -0.05) is 11.6 Å². The molecule has 2 fully saturated rings. The van der Waals surface area contributed by atoms with Gasteiger partial charge < -0.3 is 4.90 Å². The molecule has 3 heterocycles. The lowest BCUT2D eigenvalue weighted by Crippen LogP contribution is -2.66. The van der Waals surface area contributed by atoms with Crippen molar-refractivity contribution in [3.05, 3.63) is 22.6 Å². The smallest absolute Gasteiger partial charge is 0.299 e. The Bertz CT molecular complexity index is 814. The van der Waals surface area contributed by atoms with Gasteiger partial charge in [-0.2, -0.15) is 0 Å². The molecule has 1 spiro atoms. The molecule has 1 saturated carbocycles. The van der Waals surface area contributed by atoms with Crippen LogP contribution in [0.2, 0.25) is 5.15 Å². The summed E-state index contributed by atoms with van der Waals surface area (Å²) in [5.41, 5.74) is 1.83. The number of rotatable bonds is 4. The maximum atomic E-state index is 13.2. The second-order valence-corrected chi connectivity index (χ2v) is 8.25. The van der Waals surface area contributed by atoms with Crippen molar-refractivity contribution < 1.29 is 8.78 Å². The maximum absolute atomic E-state index is 13.2. The van der Waals surface area contributed by atoms with Crippen molar-refractivity contribution in [2.24, 2.45) is 10.6 Å². The average molecular weight is 389 g/mol. The zero-order chi connectivity index (χ0) is 17.9. The molecule has 2 aliphatic rings. The van der Waals surface area contributed by atoms with Crippen molar-refractivity contribution in [2.75, 3.05) is 25.0 Å². The van der Waals surface area contributed by atoms with Crippen LogP contribution in [0.5, 0.6) is 0 Å². The fraction of sp³-hybridized carbons (Fsp3) is 0.600. The van der Waals surface area contributed by atoms with E-state index in [0.29, 0.717) is 22.5 Å². The number of aryl methyl sites for hydroxylation is 1. The molecule has 6 nitrogen and oxygen atoms in total. The van der Waals surface area contributed by atoms with Gasteiger partial charge in [0.2, 0.25) is 5.82 Å². The number of hydrogen-bond acceptors (Lipinski definition) is 6. The molecule has 2 aromatic heterocycles. The Kier molecular flexibility index (Phi) is 4.10. The first-order valence-electron chi connectivity index (χ1n) is 8.02. The summed E-state index contributed by atoms with van der Waals surface area (Å²) in [5.74, 6) is 0.0528. The molecule has 1 aliphatic heterocycles. The van der Waals surface area contributed by atoms with Crippen LogP contribution in [-0.2, 0) is 0 Å². The van der Waals surface area contributed by atoms with Crippen LogP contribution in [0.3, 0.4) is 0 Å². The largest absolute Gasteiger partial charge is 0.353 e. The Hall–Kier alpha value is -1.16. The molecule has 1 saturated heterocycles. The fourth-order valence-corrected chi connectivity index (χ4v) is 4.61. The molecule has 25 heavy (non-hydrogen) atoms. The zero-order valence-electron chi connectivity index (χ0n) is 13.9. The van der Waals surface area contributed by atoms with E-state index in [4.69, 9.17) is 16.7 Å². The summed E-state index contributed by atoms with van der Waals surface area (Å²) in [4.78, 5) is 6.20. The predicted octanol–water partition coefficient (Wildman–Crippen LogP) is 3.05. The van der Waals surface area contributed by atoms with Crippen LogP contribution in [-0.4, -0.2) is 45.1 Å². The molecule has 136 valence electrons. The zero-order valence-corrected chi connectivity index (χ0v) is 15.5. The van der Waals surface area contributed by atoms with Crippen LogP contribution in [0.25, 0.3) is 5.52 Å². The molecule has 4 rings (SSSR count). The van der Waals surface area contributed by atoms with Crippen molar-refractivity contribution in [3.63, 3.8) is 0 Å². The van der Waals surface area contributed by atoms with E-state index in [1.165, 1.54) is 16.6 Å².